The number of hydrogen-bond acceptors (Lipinski definition) is 4. The Morgan fingerprint density at radius 2 is 1.44 bits per heavy atom. The van der Waals surface area contributed by atoms with Gasteiger partial charge in [-0.15, -0.1) is 0 Å². The van der Waals surface area contributed by atoms with Gasteiger partial charge in [0.2, 0.25) is 10.0 Å². The fraction of sp³-hybridized carbons (Fsp3) is 0.222. The second-order valence-electron chi connectivity index (χ2n) is 6.14. The molecule has 2 aromatic rings. The van der Waals surface area contributed by atoms with Crippen LogP contribution in [0.15, 0.2) is 53.4 Å². The minimum absolute atomic E-state index is 0.0602. The predicted octanol–water partition coefficient (Wildman–Crippen LogP) is 1.77. The molecule has 9 heteroatoms. The van der Waals surface area contributed by atoms with Crippen LogP contribution in [0.4, 0.5) is 0 Å². The quantitative estimate of drug-likeness (QED) is 0.595. The summed E-state index contributed by atoms with van der Waals surface area (Å²) in [6.45, 7) is 1.06. The van der Waals surface area contributed by atoms with Crippen LogP contribution in [-0.2, 0) is 10.0 Å². The van der Waals surface area contributed by atoms with E-state index in [1.165, 1.54) is 16.4 Å². The maximum absolute atomic E-state index is 12.7. The van der Waals surface area contributed by atoms with Crippen molar-refractivity contribution in [3.8, 4) is 0 Å². The molecule has 27 heavy (non-hydrogen) atoms. The molecular weight excluding hydrogens is 388 g/mol. The molecule has 1 saturated heterocycles. The van der Waals surface area contributed by atoms with Gasteiger partial charge in [0.15, 0.2) is 0 Å². The van der Waals surface area contributed by atoms with E-state index in [0.29, 0.717) is 29.2 Å². The maximum Gasteiger partial charge on any atom is 0.253 e. The van der Waals surface area contributed by atoms with E-state index in [1.54, 1.807) is 41.3 Å². The Morgan fingerprint density at radius 3 is 1.96 bits per heavy atom. The first-order valence-corrected chi connectivity index (χ1v) is 10.1. The van der Waals surface area contributed by atoms with Crippen LogP contribution < -0.4 is 5.73 Å². The lowest BCUT2D eigenvalue weighted by Crippen LogP contribution is -2.50. The number of benzene rings is 2. The maximum atomic E-state index is 12.7. The number of rotatable bonds is 4. The molecular formula is C18H19ClN4O3S. The van der Waals surface area contributed by atoms with Crippen LogP contribution in [0.25, 0.3) is 0 Å². The second-order valence-corrected chi connectivity index (χ2v) is 8.52. The highest BCUT2D eigenvalue weighted by Crippen LogP contribution is 2.20. The summed E-state index contributed by atoms with van der Waals surface area (Å²) in [5, 5.41) is 7.86. The predicted molar refractivity (Wildman–Crippen MR) is 104 cm³/mol. The van der Waals surface area contributed by atoms with Crippen LogP contribution in [0.2, 0.25) is 5.02 Å². The van der Waals surface area contributed by atoms with Crippen LogP contribution in [0.5, 0.6) is 0 Å². The van der Waals surface area contributed by atoms with Crippen molar-refractivity contribution in [1.29, 1.82) is 5.41 Å². The van der Waals surface area contributed by atoms with E-state index in [0.717, 1.165) is 0 Å². The zero-order chi connectivity index (χ0) is 19.6. The molecule has 0 aliphatic carbocycles. The van der Waals surface area contributed by atoms with Crippen molar-refractivity contribution >= 4 is 33.4 Å². The summed E-state index contributed by atoms with van der Waals surface area (Å²) in [4.78, 5) is 14.4. The average molecular weight is 407 g/mol. The lowest BCUT2D eigenvalue weighted by atomic mass is 10.1. The molecule has 7 nitrogen and oxygen atoms in total. The summed E-state index contributed by atoms with van der Waals surface area (Å²) in [5.41, 5.74) is 6.44. The van der Waals surface area contributed by atoms with Gasteiger partial charge in [0.25, 0.3) is 5.91 Å². The number of halogens is 1. The van der Waals surface area contributed by atoms with E-state index in [4.69, 9.17) is 22.7 Å². The fourth-order valence-electron chi connectivity index (χ4n) is 2.86. The molecule has 0 spiro atoms. The number of sulfonamides is 1. The number of carbonyl (C=O) groups excluding carboxylic acids is 1. The van der Waals surface area contributed by atoms with Gasteiger partial charge in [-0.25, -0.2) is 8.42 Å². The lowest BCUT2D eigenvalue weighted by Gasteiger charge is -2.34. The summed E-state index contributed by atoms with van der Waals surface area (Å²) >= 11 is 5.82. The van der Waals surface area contributed by atoms with Crippen LogP contribution in [0.3, 0.4) is 0 Å². The van der Waals surface area contributed by atoms with E-state index in [-0.39, 0.29) is 29.7 Å². The molecule has 0 atom stereocenters. The van der Waals surface area contributed by atoms with Gasteiger partial charge in [0.05, 0.1) is 4.90 Å². The molecule has 1 fully saturated rings. The van der Waals surface area contributed by atoms with Crippen molar-refractivity contribution in [2.75, 3.05) is 26.2 Å². The summed E-state index contributed by atoms with van der Waals surface area (Å²) in [6.07, 6.45) is 0. The van der Waals surface area contributed by atoms with Crippen molar-refractivity contribution in [2.24, 2.45) is 5.73 Å². The Labute approximate surface area is 162 Å². The van der Waals surface area contributed by atoms with Crippen LogP contribution in [0.1, 0.15) is 15.9 Å². The zero-order valence-electron chi connectivity index (χ0n) is 14.4. The van der Waals surface area contributed by atoms with Crippen molar-refractivity contribution in [3.63, 3.8) is 0 Å². The van der Waals surface area contributed by atoms with Gasteiger partial charge in [-0.1, -0.05) is 23.7 Å². The number of nitrogens with zero attached hydrogens (tertiary/aromatic N) is 2. The average Bonchev–Trinajstić information content (AvgIpc) is 2.68. The number of nitrogens with two attached hydrogens (primary N) is 1. The van der Waals surface area contributed by atoms with Crippen LogP contribution in [-0.4, -0.2) is 55.5 Å². The number of carbonyl (C=O) groups is 1. The van der Waals surface area contributed by atoms with Gasteiger partial charge in [-0.3, -0.25) is 10.2 Å². The SMILES string of the molecule is N=C(N)c1ccc(C(=O)N2CCN(S(=O)(=O)c3ccc(Cl)cc3)CC2)cc1. The highest BCUT2D eigenvalue weighted by Gasteiger charge is 2.30. The molecule has 1 aliphatic rings. The third-order valence-electron chi connectivity index (χ3n) is 4.42. The molecule has 0 saturated carbocycles. The molecule has 1 aliphatic heterocycles. The first-order chi connectivity index (χ1) is 12.8. The van der Waals surface area contributed by atoms with E-state index >= 15 is 0 Å². The Balaban J connectivity index is 1.66. The molecule has 3 N–H and O–H groups in total. The number of hydrogen-bond donors (Lipinski definition) is 2. The lowest BCUT2D eigenvalue weighted by molar-refractivity contribution is 0.0698. The Morgan fingerprint density at radius 1 is 0.926 bits per heavy atom. The van der Waals surface area contributed by atoms with Crippen molar-refractivity contribution in [3.05, 3.63) is 64.7 Å². The van der Waals surface area contributed by atoms with Crippen molar-refractivity contribution < 1.29 is 13.2 Å². The first-order valence-electron chi connectivity index (χ1n) is 8.28. The molecule has 142 valence electrons. The standard InChI is InChI=1S/C18H19ClN4O3S/c19-15-5-7-16(8-6-15)27(25,26)23-11-9-22(10-12-23)18(24)14-3-1-13(2-4-14)17(20)21/h1-8H,9-12H2,(H3,20,21). The van der Waals surface area contributed by atoms with Crippen LogP contribution >= 0.6 is 11.6 Å². The Bertz CT molecular complexity index is 951. The van der Waals surface area contributed by atoms with Crippen LogP contribution in [0, 0.1) is 5.41 Å². The minimum Gasteiger partial charge on any atom is -0.384 e. The summed E-state index contributed by atoms with van der Waals surface area (Å²) < 4.78 is 26.8. The largest absolute Gasteiger partial charge is 0.384 e. The zero-order valence-corrected chi connectivity index (χ0v) is 16.0. The van der Waals surface area contributed by atoms with E-state index in [2.05, 4.69) is 0 Å². The van der Waals surface area contributed by atoms with E-state index in [1.807, 2.05) is 0 Å². The molecule has 0 unspecified atom stereocenters. The molecule has 0 radical (unpaired) electrons. The number of nitrogen functional groups attached to an aromatic ring is 1. The van der Waals surface area contributed by atoms with Gasteiger partial charge < -0.3 is 10.6 Å². The van der Waals surface area contributed by atoms with Gasteiger partial charge in [0, 0.05) is 42.3 Å². The minimum atomic E-state index is -3.61. The molecule has 0 bridgehead atoms. The third-order valence-corrected chi connectivity index (χ3v) is 6.58. The van der Waals surface area contributed by atoms with Gasteiger partial charge >= 0.3 is 0 Å². The number of amides is 1. The molecule has 0 aromatic heterocycles. The number of amidine groups is 1. The Hall–Kier alpha value is -2.42. The van der Waals surface area contributed by atoms with Gasteiger partial charge in [0.1, 0.15) is 5.84 Å². The highest BCUT2D eigenvalue weighted by atomic mass is 35.5. The van der Waals surface area contributed by atoms with Gasteiger partial charge in [-0.2, -0.15) is 4.31 Å². The van der Waals surface area contributed by atoms with E-state index in [9.17, 15) is 13.2 Å². The topological polar surface area (TPSA) is 108 Å². The molecule has 1 heterocycles. The van der Waals surface area contributed by atoms with Gasteiger partial charge in [-0.05, 0) is 36.4 Å². The van der Waals surface area contributed by atoms with Crippen molar-refractivity contribution in [2.45, 2.75) is 4.90 Å². The normalized spacial score (nSPS) is 15.5. The first kappa shape index (κ1) is 19.3. The monoisotopic (exact) mass is 406 g/mol. The Kier molecular flexibility index (Phi) is 5.50. The molecule has 3 rings (SSSR count). The summed E-state index contributed by atoms with van der Waals surface area (Å²) in [5.74, 6) is -0.233. The number of piperazine rings is 1. The molecule has 1 amide bonds. The van der Waals surface area contributed by atoms with Crippen molar-refractivity contribution in [1.82, 2.24) is 9.21 Å². The second kappa shape index (κ2) is 7.67. The fourth-order valence-corrected chi connectivity index (χ4v) is 4.41. The smallest absolute Gasteiger partial charge is 0.253 e. The summed E-state index contributed by atoms with van der Waals surface area (Å²) in [6, 6.07) is 12.5. The number of nitrogens with one attached hydrogen (secondary N) is 1. The third kappa shape index (κ3) is 4.13. The van der Waals surface area contributed by atoms with E-state index < -0.39 is 10.0 Å². The highest BCUT2D eigenvalue weighted by molar-refractivity contribution is 7.89. The summed E-state index contributed by atoms with van der Waals surface area (Å²) in [7, 11) is -3.61. The molecule has 2 aromatic carbocycles.